The second-order valence-electron chi connectivity index (χ2n) is 2.71. The number of aliphatic carboxylic acids is 1. The lowest BCUT2D eigenvalue weighted by Gasteiger charge is -2.02. The van der Waals surface area contributed by atoms with Gasteiger partial charge in [-0.15, -0.1) is 0 Å². The van der Waals surface area contributed by atoms with Crippen molar-refractivity contribution < 1.29 is 29.0 Å². The van der Waals surface area contributed by atoms with Gasteiger partial charge in [-0.1, -0.05) is 0 Å². The Bertz CT molecular complexity index is 304. The monoisotopic (exact) mass is 230 g/mol. The molecule has 0 aliphatic rings. The van der Waals surface area contributed by atoms with Gasteiger partial charge in [0.15, 0.2) is 0 Å². The van der Waals surface area contributed by atoms with Gasteiger partial charge in [0, 0.05) is 6.08 Å². The molecule has 0 spiro atoms. The molecule has 0 aromatic rings. The number of esters is 2. The van der Waals surface area contributed by atoms with Crippen LogP contribution >= 0.6 is 0 Å². The fourth-order valence-corrected chi connectivity index (χ4v) is 0.882. The highest BCUT2D eigenvalue weighted by Gasteiger charge is 2.15. The topological polar surface area (TPSA) is 89.9 Å². The molecule has 0 bridgehead atoms. The summed E-state index contributed by atoms with van der Waals surface area (Å²) in [4.78, 5) is 32.7. The summed E-state index contributed by atoms with van der Waals surface area (Å²) >= 11 is 0. The van der Waals surface area contributed by atoms with Crippen LogP contribution in [0.3, 0.4) is 0 Å². The van der Waals surface area contributed by atoms with Gasteiger partial charge in [-0.25, -0.2) is 9.59 Å². The number of rotatable bonds is 6. The number of carboxylic acids is 1. The van der Waals surface area contributed by atoms with Gasteiger partial charge >= 0.3 is 17.9 Å². The first-order valence-corrected chi connectivity index (χ1v) is 4.77. The number of carbonyl (C=O) groups excluding carboxylic acids is 2. The van der Waals surface area contributed by atoms with Crippen LogP contribution in [-0.4, -0.2) is 36.2 Å². The molecule has 1 N–H and O–H groups in total. The molecule has 0 saturated carbocycles. The zero-order valence-electron chi connectivity index (χ0n) is 9.19. The first-order valence-electron chi connectivity index (χ1n) is 4.77. The maximum atomic E-state index is 11.0. The molecule has 90 valence electrons. The molecular weight excluding hydrogens is 216 g/mol. The van der Waals surface area contributed by atoms with Crippen LogP contribution in [0, 0.1) is 0 Å². The lowest BCUT2D eigenvalue weighted by atomic mass is 10.2. The zero-order valence-corrected chi connectivity index (χ0v) is 9.19. The molecule has 16 heavy (non-hydrogen) atoms. The molecule has 0 atom stereocenters. The summed E-state index contributed by atoms with van der Waals surface area (Å²) < 4.78 is 9.10. The van der Waals surface area contributed by atoms with Crippen LogP contribution in [0.25, 0.3) is 0 Å². The van der Waals surface area contributed by atoms with E-state index in [2.05, 4.69) is 9.47 Å². The predicted octanol–water partition coefficient (Wildman–Crippen LogP) is 0.514. The van der Waals surface area contributed by atoms with E-state index in [0.717, 1.165) is 6.08 Å². The first kappa shape index (κ1) is 14.2. The maximum Gasteiger partial charge on any atom is 0.332 e. The van der Waals surface area contributed by atoms with Gasteiger partial charge < -0.3 is 14.6 Å². The lowest BCUT2D eigenvalue weighted by Crippen LogP contribution is -2.13. The molecule has 0 amide bonds. The average Bonchev–Trinajstić information content (AvgIpc) is 2.17. The molecule has 6 heteroatoms. The van der Waals surface area contributed by atoms with Crippen LogP contribution in [0.5, 0.6) is 0 Å². The van der Waals surface area contributed by atoms with E-state index in [1.807, 2.05) is 0 Å². The second kappa shape index (κ2) is 7.44. The normalized spacial score (nSPS) is 10.8. The molecule has 0 aromatic heterocycles. The van der Waals surface area contributed by atoms with E-state index >= 15 is 0 Å². The summed E-state index contributed by atoms with van der Waals surface area (Å²) in [6.07, 6.45) is 0.324. The Balaban J connectivity index is 4.55. The minimum absolute atomic E-state index is 0.141. The van der Waals surface area contributed by atoms with E-state index in [9.17, 15) is 14.4 Å². The number of ether oxygens (including phenoxy) is 2. The summed E-state index contributed by atoms with van der Waals surface area (Å²) in [7, 11) is 0. The third kappa shape index (κ3) is 5.79. The van der Waals surface area contributed by atoms with E-state index in [0.29, 0.717) is 0 Å². The smallest absolute Gasteiger partial charge is 0.332 e. The Morgan fingerprint density at radius 3 is 2.12 bits per heavy atom. The van der Waals surface area contributed by atoms with Gasteiger partial charge in [-0.05, 0) is 13.8 Å². The Kier molecular flexibility index (Phi) is 6.58. The number of carboxylic acid groups (broad SMARTS) is 1. The van der Waals surface area contributed by atoms with Crippen LogP contribution in [0.2, 0.25) is 0 Å². The van der Waals surface area contributed by atoms with Gasteiger partial charge in [0.1, 0.15) is 0 Å². The summed E-state index contributed by atoms with van der Waals surface area (Å²) in [5.41, 5.74) is -0.350. The lowest BCUT2D eigenvalue weighted by molar-refractivity contribution is -0.144. The highest BCUT2D eigenvalue weighted by molar-refractivity contribution is 5.98. The van der Waals surface area contributed by atoms with Crippen molar-refractivity contribution >= 4 is 17.9 Å². The van der Waals surface area contributed by atoms with Crippen molar-refractivity contribution in [3.63, 3.8) is 0 Å². The SMILES string of the molecule is CCOC(=O)/C=C(/CC(=O)OCC)C(=O)O. The number of hydrogen-bond acceptors (Lipinski definition) is 5. The highest BCUT2D eigenvalue weighted by Crippen LogP contribution is 2.04. The molecule has 0 unspecified atom stereocenters. The third-order valence-electron chi connectivity index (χ3n) is 1.49. The summed E-state index contributed by atoms with van der Waals surface area (Å²) in [6, 6.07) is 0. The molecule has 0 aliphatic heterocycles. The Hall–Kier alpha value is -1.85. The van der Waals surface area contributed by atoms with Gasteiger partial charge in [-0.3, -0.25) is 4.79 Å². The molecule has 0 saturated heterocycles. The van der Waals surface area contributed by atoms with Crippen LogP contribution in [-0.2, 0) is 23.9 Å². The average molecular weight is 230 g/mol. The minimum atomic E-state index is -1.35. The van der Waals surface area contributed by atoms with Crippen molar-refractivity contribution in [1.29, 1.82) is 0 Å². The maximum absolute atomic E-state index is 11.0. The fraction of sp³-hybridized carbons (Fsp3) is 0.500. The van der Waals surface area contributed by atoms with E-state index in [1.165, 1.54) is 0 Å². The molecule has 0 aromatic carbocycles. The molecule has 0 fully saturated rings. The Morgan fingerprint density at radius 2 is 1.69 bits per heavy atom. The quantitative estimate of drug-likeness (QED) is 0.528. The molecule has 6 nitrogen and oxygen atoms in total. The van der Waals surface area contributed by atoms with Gasteiger partial charge in [0.25, 0.3) is 0 Å². The second-order valence-corrected chi connectivity index (χ2v) is 2.71. The zero-order chi connectivity index (χ0) is 12.6. The third-order valence-corrected chi connectivity index (χ3v) is 1.49. The Morgan fingerprint density at radius 1 is 1.12 bits per heavy atom. The van der Waals surface area contributed by atoms with Gasteiger partial charge in [-0.2, -0.15) is 0 Å². The fourth-order valence-electron chi connectivity index (χ4n) is 0.882. The predicted molar refractivity (Wildman–Crippen MR) is 53.6 cm³/mol. The molecular formula is C10H14O6. The van der Waals surface area contributed by atoms with E-state index < -0.39 is 24.3 Å². The molecule has 0 aliphatic carbocycles. The van der Waals surface area contributed by atoms with Crippen molar-refractivity contribution in [2.24, 2.45) is 0 Å². The number of carbonyl (C=O) groups is 3. The minimum Gasteiger partial charge on any atom is -0.478 e. The first-order chi connectivity index (χ1) is 7.51. The van der Waals surface area contributed by atoms with Crippen LogP contribution < -0.4 is 0 Å². The van der Waals surface area contributed by atoms with Crippen molar-refractivity contribution in [3.05, 3.63) is 11.6 Å². The summed E-state index contributed by atoms with van der Waals surface area (Å²) in [5, 5.41) is 8.72. The molecule has 0 rings (SSSR count). The van der Waals surface area contributed by atoms with Gasteiger partial charge in [0.05, 0.1) is 25.2 Å². The summed E-state index contributed by atoms with van der Waals surface area (Å²) in [5.74, 6) is -2.83. The van der Waals surface area contributed by atoms with Crippen molar-refractivity contribution in [2.75, 3.05) is 13.2 Å². The molecule has 0 heterocycles. The molecule has 0 radical (unpaired) electrons. The van der Waals surface area contributed by atoms with Crippen LogP contribution in [0.15, 0.2) is 11.6 Å². The van der Waals surface area contributed by atoms with Crippen molar-refractivity contribution in [1.82, 2.24) is 0 Å². The summed E-state index contributed by atoms with van der Waals surface area (Å²) in [6.45, 7) is 3.50. The highest BCUT2D eigenvalue weighted by atomic mass is 16.5. The Labute approximate surface area is 92.8 Å². The van der Waals surface area contributed by atoms with E-state index in [-0.39, 0.29) is 18.8 Å². The van der Waals surface area contributed by atoms with Crippen molar-refractivity contribution in [2.45, 2.75) is 20.3 Å². The van der Waals surface area contributed by atoms with E-state index in [4.69, 9.17) is 5.11 Å². The standard InChI is InChI=1S/C10H14O6/c1-3-15-8(11)5-7(10(13)14)6-9(12)16-4-2/h5H,3-4,6H2,1-2H3,(H,13,14)/b7-5-. The van der Waals surface area contributed by atoms with E-state index in [1.54, 1.807) is 13.8 Å². The van der Waals surface area contributed by atoms with Crippen LogP contribution in [0.4, 0.5) is 0 Å². The van der Waals surface area contributed by atoms with Crippen molar-refractivity contribution in [3.8, 4) is 0 Å². The number of hydrogen-bond donors (Lipinski definition) is 1. The van der Waals surface area contributed by atoms with Gasteiger partial charge in [0.2, 0.25) is 0 Å². The van der Waals surface area contributed by atoms with Crippen LogP contribution in [0.1, 0.15) is 20.3 Å². The largest absolute Gasteiger partial charge is 0.478 e.